The van der Waals surface area contributed by atoms with Crippen molar-refractivity contribution in [1.82, 2.24) is 29.9 Å². The fourth-order valence-electron chi connectivity index (χ4n) is 8.40. The predicted octanol–water partition coefficient (Wildman–Crippen LogP) is 6.41. The number of rotatable bonds is 10. The van der Waals surface area contributed by atoms with Crippen LogP contribution in [0, 0.1) is 40.7 Å². The Hall–Kier alpha value is -5.06. The number of pyridine rings is 1. The van der Waals surface area contributed by atoms with Crippen molar-refractivity contribution >= 4 is 43.7 Å². The minimum absolute atomic E-state index is 0.0519. The Morgan fingerprint density at radius 2 is 1.91 bits per heavy atom. The highest BCUT2D eigenvalue weighted by Gasteiger charge is 2.66. The van der Waals surface area contributed by atoms with Crippen LogP contribution in [-0.2, 0) is 50.7 Å². The number of benzene rings is 2. The molecule has 4 heterocycles. The molecular weight excluding hydrogens is 794 g/mol. The molecule has 0 amide bonds. The van der Waals surface area contributed by atoms with E-state index in [-0.39, 0.29) is 41.8 Å². The summed E-state index contributed by atoms with van der Waals surface area (Å²) in [5.74, 6) is 2.39. The van der Waals surface area contributed by atoms with Crippen molar-refractivity contribution in [2.45, 2.75) is 61.8 Å². The molecule has 2 aromatic carbocycles. The monoisotopic (exact) mass is 831 g/mol. The zero-order chi connectivity index (χ0) is 41.3. The standard InChI is InChI=1S/C42H38ClF4N7O3S/c1-41(22-49-11-12-57-41)10-9-27-5-6-29(30-7-8-33(43)37-35(21-58(3,4)56)51-53(2)39(30)37)38(50-27)24(13-23-14-25(44)17-26(45)15-23)16-28(55)20-54-40-36(34(19-48)52-54)31-18-32(31)42(40,46)47/h5-8,14-15,17,24,31-32,49H,3,11-13,16,18,20-22H2,1-2,4H3/t24-,31+,32-,41-,58?/m1/s1. The van der Waals surface area contributed by atoms with Gasteiger partial charge in [0.15, 0.2) is 11.5 Å². The molecule has 0 bridgehead atoms. The van der Waals surface area contributed by atoms with Gasteiger partial charge in [-0.2, -0.15) is 24.2 Å². The number of halogens is 5. The molecule has 5 atom stereocenters. The summed E-state index contributed by atoms with van der Waals surface area (Å²) in [5, 5.41) is 22.7. The van der Waals surface area contributed by atoms with Crippen LogP contribution in [0.5, 0.6) is 0 Å². The van der Waals surface area contributed by atoms with Crippen LogP contribution in [0.3, 0.4) is 0 Å². The van der Waals surface area contributed by atoms with Gasteiger partial charge < -0.3 is 10.1 Å². The van der Waals surface area contributed by atoms with E-state index in [9.17, 15) is 23.0 Å². The number of nitrogens with one attached hydrogen (secondary N) is 1. The van der Waals surface area contributed by atoms with Gasteiger partial charge in [-0.15, -0.1) is 0 Å². The lowest BCUT2D eigenvalue weighted by Crippen LogP contribution is -2.46. The van der Waals surface area contributed by atoms with Crippen molar-refractivity contribution < 1.29 is 31.3 Å². The van der Waals surface area contributed by atoms with Crippen molar-refractivity contribution in [3.63, 3.8) is 0 Å². The fraction of sp³-hybridized carbons (Fsp3) is 0.381. The summed E-state index contributed by atoms with van der Waals surface area (Å²) in [6.45, 7) is 2.89. The Labute approximate surface area is 337 Å². The molecule has 300 valence electrons. The van der Waals surface area contributed by atoms with Gasteiger partial charge in [-0.05, 0) is 82.9 Å². The van der Waals surface area contributed by atoms with Crippen LogP contribution in [0.1, 0.15) is 71.2 Å². The second-order valence-electron chi connectivity index (χ2n) is 15.7. The van der Waals surface area contributed by atoms with E-state index in [0.717, 1.165) is 10.7 Å². The molecule has 1 saturated carbocycles. The molecule has 1 unspecified atom stereocenters. The van der Waals surface area contributed by atoms with Gasteiger partial charge in [0, 0.05) is 72.8 Å². The Kier molecular flexibility index (Phi) is 10.0. The van der Waals surface area contributed by atoms with Crippen molar-refractivity contribution in [3.8, 4) is 29.0 Å². The Morgan fingerprint density at radius 1 is 1.17 bits per heavy atom. The largest absolute Gasteiger partial charge is 0.360 e. The maximum atomic E-state index is 15.5. The van der Waals surface area contributed by atoms with Crippen LogP contribution < -0.4 is 5.32 Å². The third-order valence-electron chi connectivity index (χ3n) is 10.9. The van der Waals surface area contributed by atoms with Gasteiger partial charge in [-0.25, -0.2) is 13.8 Å². The van der Waals surface area contributed by atoms with E-state index < -0.39 is 68.5 Å². The van der Waals surface area contributed by atoms with E-state index in [0.29, 0.717) is 63.8 Å². The molecule has 1 N–H and O–H groups in total. The highest BCUT2D eigenvalue weighted by Crippen LogP contribution is 2.67. The number of aromatic nitrogens is 5. The smallest absolute Gasteiger partial charge is 0.293 e. The lowest BCUT2D eigenvalue weighted by atomic mass is 9.86. The summed E-state index contributed by atoms with van der Waals surface area (Å²) >= 11 is 6.77. The first-order valence-corrected chi connectivity index (χ1v) is 21.3. The summed E-state index contributed by atoms with van der Waals surface area (Å²) in [4.78, 5) is 19.2. The summed E-state index contributed by atoms with van der Waals surface area (Å²) < 4.78 is 81.7. The number of carbonyl (C=O) groups excluding carboxylic acids is 1. The SMILES string of the molecule is C=S(C)(=O)Cc1nn(C)c2c(-c3ccc(C#C[C@]4(C)CNCCO4)nc3[C@@H](CC(=O)Cn3nc(C#N)c4c3C(F)(F)[C@@H]3C[C@H]43)Cc3cc(F)cc(F)c3)ccc(Cl)c12. The van der Waals surface area contributed by atoms with Crippen LogP contribution in [0.4, 0.5) is 17.6 Å². The minimum atomic E-state index is -3.25. The Balaban J connectivity index is 1.28. The molecule has 0 radical (unpaired) electrons. The molecule has 3 aliphatic rings. The number of hydrogen-bond donors (Lipinski definition) is 1. The van der Waals surface area contributed by atoms with Gasteiger partial charge in [0.1, 0.15) is 41.2 Å². The van der Waals surface area contributed by atoms with Crippen molar-refractivity contribution in [1.29, 1.82) is 5.26 Å². The summed E-state index contributed by atoms with van der Waals surface area (Å²) in [5.41, 5.74) is 1.85. The molecule has 1 aliphatic heterocycles. The molecule has 0 spiro atoms. The number of nitriles is 1. The first-order valence-electron chi connectivity index (χ1n) is 18.6. The quantitative estimate of drug-likeness (QED) is 0.0973. The third-order valence-corrected chi connectivity index (χ3v) is 12.1. The summed E-state index contributed by atoms with van der Waals surface area (Å²) in [6, 6.07) is 11.9. The van der Waals surface area contributed by atoms with Gasteiger partial charge >= 0.3 is 0 Å². The predicted molar refractivity (Wildman–Crippen MR) is 212 cm³/mol. The number of carbonyl (C=O) groups is 1. The number of ketones is 1. The van der Waals surface area contributed by atoms with Gasteiger partial charge in [0.05, 0.1) is 34.3 Å². The Bertz CT molecular complexity index is 2720. The normalized spacial score (nSPS) is 22.0. The molecular formula is C42H38ClF4N7O3S. The number of fused-ring (bicyclic) bond motifs is 4. The average molecular weight is 832 g/mol. The average Bonchev–Trinajstić information content (AvgIpc) is 3.70. The van der Waals surface area contributed by atoms with E-state index >= 15 is 8.78 Å². The second kappa shape index (κ2) is 14.6. The van der Waals surface area contributed by atoms with E-state index in [1.165, 1.54) is 18.4 Å². The summed E-state index contributed by atoms with van der Waals surface area (Å²) in [6.07, 6.45) is 1.37. The first-order chi connectivity index (χ1) is 27.4. The molecule has 2 fully saturated rings. The second-order valence-corrected chi connectivity index (χ2v) is 18.8. The number of Topliss-reactive ketones (excluding diaryl/α,β-unsaturated/α-hetero) is 1. The van der Waals surface area contributed by atoms with Crippen LogP contribution >= 0.6 is 11.6 Å². The van der Waals surface area contributed by atoms with Crippen LogP contribution in [0.15, 0.2) is 42.5 Å². The first kappa shape index (κ1) is 39.8. The van der Waals surface area contributed by atoms with Crippen molar-refractivity contribution in [3.05, 3.63) is 98.7 Å². The van der Waals surface area contributed by atoms with Gasteiger partial charge in [0.2, 0.25) is 0 Å². The van der Waals surface area contributed by atoms with E-state index in [1.54, 1.807) is 36.0 Å². The van der Waals surface area contributed by atoms with Gasteiger partial charge in [0.25, 0.3) is 5.92 Å². The minimum Gasteiger partial charge on any atom is -0.360 e. The van der Waals surface area contributed by atoms with Crippen LogP contribution in [0.2, 0.25) is 5.02 Å². The third kappa shape index (κ3) is 7.52. The number of aryl methyl sites for hydroxylation is 1. The number of alkyl halides is 2. The van der Waals surface area contributed by atoms with E-state index in [1.807, 2.05) is 13.0 Å². The number of morpholine rings is 1. The topological polar surface area (TPSA) is 128 Å². The summed E-state index contributed by atoms with van der Waals surface area (Å²) in [7, 11) is -0.823. The fourth-order valence-corrected chi connectivity index (χ4v) is 9.45. The van der Waals surface area contributed by atoms with Crippen molar-refractivity contribution in [2.24, 2.45) is 13.0 Å². The number of hydrogen-bond acceptors (Lipinski definition) is 8. The number of ether oxygens (including phenoxy) is 1. The maximum absolute atomic E-state index is 15.5. The van der Waals surface area contributed by atoms with Gasteiger partial charge in [-0.1, -0.05) is 23.6 Å². The highest BCUT2D eigenvalue weighted by atomic mass is 35.5. The Morgan fingerprint density at radius 3 is 2.60 bits per heavy atom. The zero-order valence-electron chi connectivity index (χ0n) is 31.8. The molecule has 10 nitrogen and oxygen atoms in total. The number of nitrogens with zero attached hydrogens (tertiary/aromatic N) is 6. The molecule has 1 saturated heterocycles. The highest BCUT2D eigenvalue weighted by molar-refractivity contribution is 7.98. The lowest BCUT2D eigenvalue weighted by molar-refractivity contribution is -0.120. The zero-order valence-corrected chi connectivity index (χ0v) is 33.4. The molecule has 8 rings (SSSR count). The van der Waals surface area contributed by atoms with Gasteiger partial charge in [-0.3, -0.25) is 18.4 Å². The molecule has 16 heteroatoms. The van der Waals surface area contributed by atoms with Crippen molar-refractivity contribution in [2.75, 3.05) is 26.0 Å². The van der Waals surface area contributed by atoms with Crippen LogP contribution in [-0.4, -0.2) is 72.0 Å². The lowest BCUT2D eigenvalue weighted by Gasteiger charge is -2.29. The van der Waals surface area contributed by atoms with E-state index in [4.69, 9.17) is 21.3 Å². The molecule has 3 aromatic heterocycles. The molecule has 2 aliphatic carbocycles. The maximum Gasteiger partial charge on any atom is 0.293 e. The van der Waals surface area contributed by atoms with Crippen LogP contribution in [0.25, 0.3) is 22.0 Å². The molecule has 5 aromatic rings. The molecule has 58 heavy (non-hydrogen) atoms. The van der Waals surface area contributed by atoms with E-state index in [2.05, 4.69) is 33.2 Å².